The fourth-order valence-electron chi connectivity index (χ4n) is 3.14. The zero-order valence-corrected chi connectivity index (χ0v) is 19.2. The van der Waals surface area contributed by atoms with Crippen molar-refractivity contribution in [1.82, 2.24) is 20.9 Å². The molecule has 0 aliphatic carbocycles. The van der Waals surface area contributed by atoms with Crippen molar-refractivity contribution in [2.45, 2.75) is 43.9 Å². The number of aliphatic carboxylic acids is 2. The Kier molecular flexibility index (Phi) is 9.45. The van der Waals surface area contributed by atoms with Crippen LogP contribution in [0.15, 0.2) is 30.5 Å². The number of carboxylic acids is 2. The van der Waals surface area contributed by atoms with Gasteiger partial charge in [0, 0.05) is 29.3 Å². The van der Waals surface area contributed by atoms with Gasteiger partial charge in [-0.2, -0.15) is 12.6 Å². The molecule has 8 N–H and O–H groups in total. The van der Waals surface area contributed by atoms with Crippen LogP contribution in [0.1, 0.15) is 18.9 Å². The summed E-state index contributed by atoms with van der Waals surface area (Å²) in [4.78, 5) is 63.0. The molecule has 4 unspecified atom stereocenters. The molecule has 0 spiro atoms. The van der Waals surface area contributed by atoms with Crippen molar-refractivity contribution in [2.75, 3.05) is 5.75 Å². The number of para-hydroxylation sites is 1. The van der Waals surface area contributed by atoms with Crippen molar-refractivity contribution in [1.29, 1.82) is 0 Å². The third-order valence-electron chi connectivity index (χ3n) is 5.01. The lowest BCUT2D eigenvalue weighted by molar-refractivity contribution is -0.147. The number of nitrogens with two attached hydrogens (primary N) is 1. The van der Waals surface area contributed by atoms with Gasteiger partial charge in [0.1, 0.15) is 18.1 Å². The lowest BCUT2D eigenvalue weighted by Crippen LogP contribution is -2.57. The minimum absolute atomic E-state index is 0.0299. The fraction of sp³-hybridized carbons (Fsp3) is 0.381. The Morgan fingerprint density at radius 3 is 2.26 bits per heavy atom. The van der Waals surface area contributed by atoms with E-state index in [4.69, 9.17) is 10.8 Å². The average Bonchev–Trinajstić information content (AvgIpc) is 3.19. The molecule has 4 atom stereocenters. The molecule has 0 bridgehead atoms. The third-order valence-corrected chi connectivity index (χ3v) is 5.40. The van der Waals surface area contributed by atoms with Gasteiger partial charge in [0.25, 0.3) is 0 Å². The summed E-state index contributed by atoms with van der Waals surface area (Å²) in [7, 11) is 0. The Morgan fingerprint density at radius 1 is 1.00 bits per heavy atom. The van der Waals surface area contributed by atoms with Gasteiger partial charge < -0.3 is 36.9 Å². The maximum absolute atomic E-state index is 12.9. The molecule has 0 aliphatic rings. The molecule has 1 aromatic carbocycles. The zero-order chi connectivity index (χ0) is 25.4. The molecule has 12 nitrogen and oxygen atoms in total. The molecule has 184 valence electrons. The maximum Gasteiger partial charge on any atom is 0.326 e. The molecule has 0 fully saturated rings. The SMILES string of the molecule is CC(NC(=O)C(N)CS)C(=O)NC(Cc1c[nH]c2ccccc12)C(=O)NC(CC(=O)O)C(=O)O. The summed E-state index contributed by atoms with van der Waals surface area (Å²) < 4.78 is 0. The number of H-pyrrole nitrogens is 1. The van der Waals surface area contributed by atoms with E-state index >= 15 is 0 Å². The summed E-state index contributed by atoms with van der Waals surface area (Å²) in [6.07, 6.45) is 0.778. The van der Waals surface area contributed by atoms with Crippen LogP contribution in [0.4, 0.5) is 0 Å². The lowest BCUT2D eigenvalue weighted by atomic mass is 10.0. The first-order valence-corrected chi connectivity index (χ1v) is 10.9. The summed E-state index contributed by atoms with van der Waals surface area (Å²) in [5.41, 5.74) is 7.04. The molecule has 3 amide bonds. The Bertz CT molecular complexity index is 1070. The molecule has 0 saturated carbocycles. The van der Waals surface area contributed by atoms with Crippen molar-refractivity contribution in [3.05, 3.63) is 36.0 Å². The van der Waals surface area contributed by atoms with Crippen LogP contribution in [0.5, 0.6) is 0 Å². The quantitative estimate of drug-likeness (QED) is 0.172. The van der Waals surface area contributed by atoms with Crippen LogP contribution in [0.2, 0.25) is 0 Å². The fourth-order valence-corrected chi connectivity index (χ4v) is 3.31. The van der Waals surface area contributed by atoms with Crippen LogP contribution in [0, 0.1) is 0 Å². The molecule has 0 aliphatic heterocycles. The van der Waals surface area contributed by atoms with Gasteiger partial charge in [-0.05, 0) is 18.6 Å². The van der Waals surface area contributed by atoms with E-state index in [0.29, 0.717) is 5.56 Å². The highest BCUT2D eigenvalue weighted by Crippen LogP contribution is 2.19. The number of hydrogen-bond donors (Lipinski definition) is 8. The van der Waals surface area contributed by atoms with Crippen molar-refractivity contribution < 1.29 is 34.2 Å². The van der Waals surface area contributed by atoms with Crippen molar-refractivity contribution in [2.24, 2.45) is 5.73 Å². The van der Waals surface area contributed by atoms with Crippen LogP contribution in [0.3, 0.4) is 0 Å². The number of aromatic amines is 1. The molecule has 0 saturated heterocycles. The molecule has 2 rings (SSSR count). The largest absolute Gasteiger partial charge is 0.481 e. The number of hydrogen-bond acceptors (Lipinski definition) is 7. The van der Waals surface area contributed by atoms with Gasteiger partial charge in [-0.1, -0.05) is 18.2 Å². The lowest BCUT2D eigenvalue weighted by Gasteiger charge is -2.23. The van der Waals surface area contributed by atoms with Crippen LogP contribution < -0.4 is 21.7 Å². The predicted molar refractivity (Wildman–Crippen MR) is 125 cm³/mol. The molecule has 2 aromatic rings. The van der Waals surface area contributed by atoms with Crippen LogP contribution in [0.25, 0.3) is 10.9 Å². The van der Waals surface area contributed by atoms with E-state index in [0.717, 1.165) is 10.9 Å². The molecule has 34 heavy (non-hydrogen) atoms. The van der Waals surface area contributed by atoms with Crippen LogP contribution >= 0.6 is 12.6 Å². The average molecular weight is 494 g/mol. The van der Waals surface area contributed by atoms with Crippen LogP contribution in [-0.2, 0) is 30.4 Å². The molecule has 0 radical (unpaired) electrons. The van der Waals surface area contributed by atoms with Gasteiger partial charge in [0.2, 0.25) is 17.7 Å². The number of thiol groups is 1. The van der Waals surface area contributed by atoms with Gasteiger partial charge in [0.15, 0.2) is 0 Å². The van der Waals surface area contributed by atoms with E-state index in [2.05, 4.69) is 33.6 Å². The molecule has 1 heterocycles. The second-order valence-electron chi connectivity index (χ2n) is 7.64. The first-order chi connectivity index (χ1) is 16.0. The predicted octanol–water partition coefficient (Wildman–Crippen LogP) is -0.999. The third kappa shape index (κ3) is 7.22. The van der Waals surface area contributed by atoms with Gasteiger partial charge in [-0.3, -0.25) is 19.2 Å². The van der Waals surface area contributed by atoms with E-state index in [-0.39, 0.29) is 12.2 Å². The second kappa shape index (κ2) is 12.0. The summed E-state index contributed by atoms with van der Waals surface area (Å²) in [5, 5.41) is 26.1. The highest BCUT2D eigenvalue weighted by atomic mass is 32.1. The highest BCUT2D eigenvalue weighted by Gasteiger charge is 2.30. The molecular weight excluding hydrogens is 466 g/mol. The Morgan fingerprint density at radius 2 is 1.65 bits per heavy atom. The van der Waals surface area contributed by atoms with E-state index in [1.165, 1.54) is 6.92 Å². The smallest absolute Gasteiger partial charge is 0.326 e. The topological polar surface area (TPSA) is 204 Å². The maximum atomic E-state index is 12.9. The standard InChI is InChI=1S/C21H27N5O7S/c1-10(24-19(30)13(22)9-34)18(29)25-15(20(31)26-16(21(32)33)7-17(27)28)6-11-8-23-14-5-3-2-4-12(11)14/h2-5,8,10,13,15-16,23,34H,6-7,9,22H2,1H3,(H,24,30)(H,25,29)(H,26,31)(H,27,28)(H,32,33). The number of nitrogens with one attached hydrogen (secondary N) is 4. The van der Waals surface area contributed by atoms with Gasteiger partial charge in [0.05, 0.1) is 12.5 Å². The number of amides is 3. The summed E-state index contributed by atoms with van der Waals surface area (Å²) in [6, 6.07) is 2.29. The molecule has 1 aromatic heterocycles. The number of fused-ring (bicyclic) bond motifs is 1. The monoisotopic (exact) mass is 493 g/mol. The van der Waals surface area contributed by atoms with Gasteiger partial charge >= 0.3 is 11.9 Å². The summed E-state index contributed by atoms with van der Waals surface area (Å²) in [5.74, 6) is -5.10. The zero-order valence-electron chi connectivity index (χ0n) is 18.3. The van der Waals surface area contributed by atoms with E-state index in [1.807, 2.05) is 18.2 Å². The number of carbonyl (C=O) groups is 5. The van der Waals surface area contributed by atoms with Gasteiger partial charge in [-0.15, -0.1) is 0 Å². The number of carboxylic acid groups (broad SMARTS) is 2. The first-order valence-electron chi connectivity index (χ1n) is 10.3. The Balaban J connectivity index is 2.24. The van der Waals surface area contributed by atoms with E-state index in [1.54, 1.807) is 12.3 Å². The second-order valence-corrected chi connectivity index (χ2v) is 8.01. The van der Waals surface area contributed by atoms with Gasteiger partial charge in [-0.25, -0.2) is 4.79 Å². The highest BCUT2D eigenvalue weighted by molar-refractivity contribution is 7.80. The van der Waals surface area contributed by atoms with Crippen molar-refractivity contribution >= 4 is 53.2 Å². The summed E-state index contributed by atoms with van der Waals surface area (Å²) in [6.45, 7) is 1.39. The van der Waals surface area contributed by atoms with Crippen molar-refractivity contribution in [3.63, 3.8) is 0 Å². The Hall–Kier alpha value is -3.58. The van der Waals surface area contributed by atoms with Crippen molar-refractivity contribution in [3.8, 4) is 0 Å². The number of carbonyl (C=O) groups excluding carboxylic acids is 3. The number of aromatic nitrogens is 1. The van der Waals surface area contributed by atoms with E-state index < -0.39 is 60.2 Å². The molecule has 13 heteroatoms. The number of benzene rings is 1. The van der Waals surface area contributed by atoms with E-state index in [9.17, 15) is 29.1 Å². The minimum atomic E-state index is -1.70. The summed E-state index contributed by atoms with van der Waals surface area (Å²) >= 11 is 3.93. The minimum Gasteiger partial charge on any atom is -0.481 e. The molecular formula is C21H27N5O7S. The first kappa shape index (κ1) is 26.7. The Labute approximate surface area is 200 Å². The van der Waals surface area contributed by atoms with Crippen LogP contribution in [-0.4, -0.2) is 74.8 Å². The normalized spacial score (nSPS) is 14.4. The number of rotatable bonds is 12.